The molecule has 1 heterocycles. The van der Waals surface area contributed by atoms with Crippen molar-refractivity contribution in [3.63, 3.8) is 0 Å². The van der Waals surface area contributed by atoms with Crippen LogP contribution in [-0.4, -0.2) is 31.6 Å². The maximum Gasteiger partial charge on any atom is 0.220 e. The summed E-state index contributed by atoms with van der Waals surface area (Å²) in [7, 11) is 0. The second-order valence-electron chi connectivity index (χ2n) is 6.59. The Bertz CT molecular complexity index is 300. The molecule has 0 spiro atoms. The Labute approximate surface area is 116 Å². The van der Waals surface area contributed by atoms with Crippen molar-refractivity contribution in [3.8, 4) is 0 Å². The Kier molecular flexibility index (Phi) is 5.22. The van der Waals surface area contributed by atoms with Gasteiger partial charge in [-0.3, -0.25) is 4.79 Å². The zero-order valence-electron chi connectivity index (χ0n) is 12.2. The lowest BCUT2D eigenvalue weighted by Crippen LogP contribution is -2.49. The molecule has 0 aromatic heterocycles. The lowest BCUT2D eigenvalue weighted by molar-refractivity contribution is -0.125. The Morgan fingerprint density at radius 2 is 2.11 bits per heavy atom. The molecule has 1 saturated carbocycles. The zero-order chi connectivity index (χ0) is 13.7. The van der Waals surface area contributed by atoms with E-state index >= 15 is 0 Å². The van der Waals surface area contributed by atoms with Gasteiger partial charge in [0.2, 0.25) is 5.91 Å². The number of carbonyl (C=O) groups excluding carboxylic acids is 1. The van der Waals surface area contributed by atoms with Gasteiger partial charge in [-0.2, -0.15) is 0 Å². The lowest BCUT2D eigenvalue weighted by Gasteiger charge is -2.37. The maximum atomic E-state index is 12.3. The molecule has 0 aromatic rings. The highest BCUT2D eigenvalue weighted by molar-refractivity contribution is 5.77. The van der Waals surface area contributed by atoms with E-state index in [0.29, 0.717) is 24.9 Å². The molecule has 0 aromatic carbocycles. The Balaban J connectivity index is 1.85. The van der Waals surface area contributed by atoms with Crippen molar-refractivity contribution in [2.45, 2.75) is 57.9 Å². The van der Waals surface area contributed by atoms with Gasteiger partial charge in [0.25, 0.3) is 0 Å². The predicted molar refractivity (Wildman–Crippen MR) is 77.8 cm³/mol. The Hall–Kier alpha value is -0.610. The molecule has 1 aliphatic heterocycles. The number of hydrogen-bond acceptors (Lipinski definition) is 3. The third-order valence-electron chi connectivity index (χ3n) is 5.01. The van der Waals surface area contributed by atoms with E-state index < -0.39 is 0 Å². The van der Waals surface area contributed by atoms with Crippen molar-refractivity contribution in [1.29, 1.82) is 0 Å². The molecule has 110 valence electrons. The third-order valence-corrected chi connectivity index (χ3v) is 5.01. The van der Waals surface area contributed by atoms with Gasteiger partial charge in [0.05, 0.1) is 0 Å². The highest BCUT2D eigenvalue weighted by atomic mass is 16.1. The fourth-order valence-corrected chi connectivity index (χ4v) is 3.58. The Morgan fingerprint density at radius 1 is 1.37 bits per heavy atom. The number of piperidine rings is 1. The van der Waals surface area contributed by atoms with Crippen LogP contribution in [0.1, 0.15) is 51.9 Å². The highest BCUT2D eigenvalue weighted by Gasteiger charge is 2.34. The van der Waals surface area contributed by atoms with Crippen LogP contribution in [0, 0.1) is 11.3 Å². The first-order valence-electron chi connectivity index (χ1n) is 7.85. The summed E-state index contributed by atoms with van der Waals surface area (Å²) < 4.78 is 0. The fraction of sp³-hybridized carbons (Fsp3) is 0.933. The number of rotatable bonds is 4. The van der Waals surface area contributed by atoms with Gasteiger partial charge in [0, 0.05) is 12.5 Å². The Morgan fingerprint density at radius 3 is 2.74 bits per heavy atom. The summed E-state index contributed by atoms with van der Waals surface area (Å²) in [5.74, 6) is 0.740. The smallest absolute Gasteiger partial charge is 0.220 e. The van der Waals surface area contributed by atoms with Gasteiger partial charge in [0.15, 0.2) is 0 Å². The molecule has 4 nitrogen and oxygen atoms in total. The molecule has 0 radical (unpaired) electrons. The van der Waals surface area contributed by atoms with E-state index in [-0.39, 0.29) is 11.3 Å². The van der Waals surface area contributed by atoms with Crippen LogP contribution >= 0.6 is 0 Å². The van der Waals surface area contributed by atoms with Crippen LogP contribution in [0.25, 0.3) is 0 Å². The van der Waals surface area contributed by atoms with Crippen molar-refractivity contribution in [2.75, 3.05) is 19.6 Å². The van der Waals surface area contributed by atoms with Gasteiger partial charge in [-0.25, -0.2) is 0 Å². The molecule has 2 atom stereocenters. The first-order valence-corrected chi connectivity index (χ1v) is 7.85. The van der Waals surface area contributed by atoms with Gasteiger partial charge in [-0.15, -0.1) is 0 Å². The molecule has 1 aliphatic carbocycles. The molecular formula is C15H29N3O. The monoisotopic (exact) mass is 267 g/mol. The van der Waals surface area contributed by atoms with E-state index in [4.69, 9.17) is 5.73 Å². The quantitative estimate of drug-likeness (QED) is 0.721. The van der Waals surface area contributed by atoms with Gasteiger partial charge >= 0.3 is 0 Å². The van der Waals surface area contributed by atoms with Crippen molar-refractivity contribution in [2.24, 2.45) is 17.1 Å². The largest absolute Gasteiger partial charge is 0.353 e. The van der Waals surface area contributed by atoms with Crippen LogP contribution in [0.2, 0.25) is 0 Å². The normalized spacial score (nSPS) is 30.8. The van der Waals surface area contributed by atoms with Crippen molar-refractivity contribution in [1.82, 2.24) is 10.6 Å². The first-order chi connectivity index (χ1) is 9.15. The molecule has 19 heavy (non-hydrogen) atoms. The summed E-state index contributed by atoms with van der Waals surface area (Å²) >= 11 is 0. The standard InChI is InChI=1S/C15H29N3O/c1-12-10-17-8-5-13(12)18-14(19)9-15(11-16)6-3-2-4-7-15/h12-13,17H,2-11,16H2,1H3,(H,18,19). The molecule has 1 saturated heterocycles. The predicted octanol–water partition coefficient (Wildman–Crippen LogP) is 1.40. The van der Waals surface area contributed by atoms with Crippen molar-refractivity contribution >= 4 is 5.91 Å². The van der Waals surface area contributed by atoms with Gasteiger partial charge < -0.3 is 16.4 Å². The van der Waals surface area contributed by atoms with Crippen LogP contribution in [0.3, 0.4) is 0 Å². The second-order valence-corrected chi connectivity index (χ2v) is 6.59. The van der Waals surface area contributed by atoms with Crippen molar-refractivity contribution < 1.29 is 4.79 Å². The average Bonchev–Trinajstić information content (AvgIpc) is 2.42. The zero-order valence-corrected chi connectivity index (χ0v) is 12.2. The first kappa shape index (κ1) is 14.8. The molecule has 2 aliphatic rings. The third kappa shape index (κ3) is 3.93. The second kappa shape index (κ2) is 6.71. The fourth-order valence-electron chi connectivity index (χ4n) is 3.58. The van der Waals surface area contributed by atoms with Crippen LogP contribution < -0.4 is 16.4 Å². The summed E-state index contributed by atoms with van der Waals surface area (Å²) in [6.45, 7) is 4.88. The maximum absolute atomic E-state index is 12.3. The van der Waals surface area contributed by atoms with Gasteiger partial charge in [0.1, 0.15) is 0 Å². The number of nitrogens with one attached hydrogen (secondary N) is 2. The molecule has 0 bridgehead atoms. The topological polar surface area (TPSA) is 67.1 Å². The van der Waals surface area contributed by atoms with Gasteiger partial charge in [-0.05, 0) is 50.2 Å². The lowest BCUT2D eigenvalue weighted by atomic mass is 9.71. The summed E-state index contributed by atoms with van der Waals surface area (Å²) in [6.07, 6.45) is 7.68. The molecular weight excluding hydrogens is 238 g/mol. The van der Waals surface area contributed by atoms with E-state index in [0.717, 1.165) is 32.4 Å². The minimum atomic E-state index is 0.0818. The minimum Gasteiger partial charge on any atom is -0.353 e. The molecule has 2 unspecified atom stereocenters. The summed E-state index contributed by atoms with van der Waals surface area (Å²) in [6, 6.07) is 0.340. The SMILES string of the molecule is CC1CNCCC1NC(=O)CC1(CN)CCCCC1. The summed E-state index contributed by atoms with van der Waals surface area (Å²) in [5, 5.41) is 6.61. The molecule has 4 N–H and O–H groups in total. The number of carbonyl (C=O) groups is 1. The van der Waals surface area contributed by atoms with Crippen LogP contribution in [-0.2, 0) is 4.79 Å². The van der Waals surface area contributed by atoms with E-state index in [1.807, 2.05) is 0 Å². The van der Waals surface area contributed by atoms with Gasteiger partial charge in [-0.1, -0.05) is 26.2 Å². The average molecular weight is 267 g/mol. The number of amides is 1. The van der Waals surface area contributed by atoms with Crippen molar-refractivity contribution in [3.05, 3.63) is 0 Å². The van der Waals surface area contributed by atoms with Crippen LogP contribution in [0.15, 0.2) is 0 Å². The molecule has 2 fully saturated rings. The number of nitrogens with two attached hydrogens (primary N) is 1. The minimum absolute atomic E-state index is 0.0818. The highest BCUT2D eigenvalue weighted by Crippen LogP contribution is 2.38. The van der Waals surface area contributed by atoms with Crippen LogP contribution in [0.4, 0.5) is 0 Å². The summed E-state index contributed by atoms with van der Waals surface area (Å²) in [4.78, 5) is 12.3. The molecule has 2 rings (SSSR count). The molecule has 4 heteroatoms. The number of hydrogen-bond donors (Lipinski definition) is 3. The van der Waals surface area contributed by atoms with E-state index in [1.54, 1.807) is 0 Å². The van der Waals surface area contributed by atoms with E-state index in [9.17, 15) is 4.79 Å². The van der Waals surface area contributed by atoms with E-state index in [1.165, 1.54) is 19.3 Å². The van der Waals surface area contributed by atoms with Crippen LogP contribution in [0.5, 0.6) is 0 Å². The molecule has 1 amide bonds. The van der Waals surface area contributed by atoms with E-state index in [2.05, 4.69) is 17.6 Å². The summed E-state index contributed by atoms with van der Waals surface area (Å²) in [5.41, 5.74) is 6.04.